The molecular weight excluding hydrogens is 236 g/mol. The molecule has 17 heavy (non-hydrogen) atoms. The van der Waals surface area contributed by atoms with E-state index in [4.69, 9.17) is 16.3 Å². The number of carbonyl (C=O) groups excluding carboxylic acids is 1. The van der Waals surface area contributed by atoms with Crippen LogP contribution < -0.4 is 4.74 Å². The third-order valence-corrected chi connectivity index (χ3v) is 2.64. The van der Waals surface area contributed by atoms with Crippen LogP contribution in [0.3, 0.4) is 0 Å². The van der Waals surface area contributed by atoms with Gasteiger partial charge in [0.05, 0.1) is 5.56 Å². The molecule has 0 fully saturated rings. The van der Waals surface area contributed by atoms with Gasteiger partial charge in [-0.05, 0) is 42.8 Å². The minimum Gasteiger partial charge on any atom is -0.456 e. The lowest BCUT2D eigenvalue weighted by atomic mass is 10.2. The Labute approximate surface area is 105 Å². The van der Waals surface area contributed by atoms with E-state index in [1.165, 1.54) is 0 Å². The van der Waals surface area contributed by atoms with Gasteiger partial charge in [-0.25, -0.2) is 0 Å². The van der Waals surface area contributed by atoms with Crippen molar-refractivity contribution in [1.82, 2.24) is 0 Å². The fourth-order valence-corrected chi connectivity index (χ4v) is 1.74. The highest BCUT2D eigenvalue weighted by Crippen LogP contribution is 2.28. The summed E-state index contributed by atoms with van der Waals surface area (Å²) in [4.78, 5) is 10.9. The number of ether oxygens (including phenoxy) is 1. The van der Waals surface area contributed by atoms with E-state index in [2.05, 4.69) is 0 Å². The molecule has 0 atom stereocenters. The monoisotopic (exact) mass is 246 g/mol. The highest BCUT2D eigenvalue weighted by Gasteiger charge is 2.05. The van der Waals surface area contributed by atoms with Gasteiger partial charge in [0.1, 0.15) is 11.5 Å². The van der Waals surface area contributed by atoms with Crippen molar-refractivity contribution < 1.29 is 9.53 Å². The first kappa shape index (κ1) is 11.7. The Balaban J connectivity index is 2.34. The number of para-hydroxylation sites is 1. The second kappa shape index (κ2) is 5.02. The number of halogens is 1. The summed E-state index contributed by atoms with van der Waals surface area (Å²) in [5, 5.41) is 0.665. The zero-order valence-electron chi connectivity index (χ0n) is 9.31. The van der Waals surface area contributed by atoms with Crippen LogP contribution >= 0.6 is 11.6 Å². The molecule has 0 bridgehead atoms. The summed E-state index contributed by atoms with van der Waals surface area (Å²) in [5.74, 6) is 1.25. The third kappa shape index (κ3) is 2.66. The van der Waals surface area contributed by atoms with Crippen LogP contribution in [0.25, 0.3) is 0 Å². The molecule has 0 aliphatic carbocycles. The Kier molecular flexibility index (Phi) is 3.45. The number of benzene rings is 2. The van der Waals surface area contributed by atoms with Crippen molar-refractivity contribution in [3.8, 4) is 11.5 Å². The van der Waals surface area contributed by atoms with Crippen LogP contribution in [0.15, 0.2) is 42.5 Å². The van der Waals surface area contributed by atoms with Gasteiger partial charge < -0.3 is 4.74 Å². The lowest BCUT2D eigenvalue weighted by Crippen LogP contribution is -1.91. The second-order valence-corrected chi connectivity index (χ2v) is 4.10. The Morgan fingerprint density at radius 1 is 1.12 bits per heavy atom. The highest BCUT2D eigenvalue weighted by molar-refractivity contribution is 6.30. The molecule has 0 aliphatic heterocycles. The summed E-state index contributed by atoms with van der Waals surface area (Å²) in [7, 11) is 0. The molecule has 0 radical (unpaired) electrons. The van der Waals surface area contributed by atoms with E-state index in [1.54, 1.807) is 30.3 Å². The van der Waals surface area contributed by atoms with Gasteiger partial charge in [0.25, 0.3) is 0 Å². The Morgan fingerprint density at radius 2 is 1.88 bits per heavy atom. The molecule has 2 nitrogen and oxygen atoms in total. The van der Waals surface area contributed by atoms with Crippen molar-refractivity contribution in [1.29, 1.82) is 0 Å². The van der Waals surface area contributed by atoms with Crippen LogP contribution in [0.1, 0.15) is 15.9 Å². The number of aryl methyl sites for hydroxylation is 1. The van der Waals surface area contributed by atoms with Crippen molar-refractivity contribution >= 4 is 17.9 Å². The van der Waals surface area contributed by atoms with Crippen LogP contribution in [0.4, 0.5) is 0 Å². The largest absolute Gasteiger partial charge is 0.456 e. The van der Waals surface area contributed by atoms with Gasteiger partial charge in [0.2, 0.25) is 0 Å². The quantitative estimate of drug-likeness (QED) is 0.757. The van der Waals surface area contributed by atoms with Gasteiger partial charge >= 0.3 is 0 Å². The molecule has 0 heterocycles. The molecule has 0 N–H and O–H groups in total. The summed E-state index contributed by atoms with van der Waals surface area (Å²) in [6.07, 6.45) is 0.778. The first-order chi connectivity index (χ1) is 8.20. The minimum atomic E-state index is 0.529. The van der Waals surface area contributed by atoms with Crippen LogP contribution in [0.5, 0.6) is 11.5 Å². The first-order valence-electron chi connectivity index (χ1n) is 5.19. The van der Waals surface area contributed by atoms with Crippen LogP contribution in [-0.4, -0.2) is 6.29 Å². The smallest absolute Gasteiger partial charge is 0.153 e. The summed E-state index contributed by atoms with van der Waals surface area (Å²) in [5.41, 5.74) is 1.46. The molecule has 0 aromatic heterocycles. The molecule has 0 aliphatic rings. The van der Waals surface area contributed by atoms with Crippen molar-refractivity contribution in [3.05, 3.63) is 58.6 Å². The number of hydrogen-bond donors (Lipinski definition) is 0. The van der Waals surface area contributed by atoms with Crippen LogP contribution in [0.2, 0.25) is 5.02 Å². The van der Waals surface area contributed by atoms with Crippen LogP contribution in [-0.2, 0) is 0 Å². The Hall–Kier alpha value is -1.80. The lowest BCUT2D eigenvalue weighted by molar-refractivity contribution is 0.112. The molecule has 2 aromatic carbocycles. The van der Waals surface area contributed by atoms with Crippen molar-refractivity contribution in [2.45, 2.75) is 6.92 Å². The fraction of sp³-hybridized carbons (Fsp3) is 0.0714. The molecule has 0 saturated heterocycles. The molecule has 2 aromatic rings. The molecule has 2 rings (SSSR count). The van der Waals surface area contributed by atoms with E-state index in [1.807, 2.05) is 19.1 Å². The Morgan fingerprint density at radius 3 is 2.59 bits per heavy atom. The van der Waals surface area contributed by atoms with E-state index in [9.17, 15) is 4.79 Å². The van der Waals surface area contributed by atoms with E-state index < -0.39 is 0 Å². The van der Waals surface area contributed by atoms with E-state index in [-0.39, 0.29) is 0 Å². The summed E-state index contributed by atoms with van der Waals surface area (Å²) in [6.45, 7) is 1.91. The maximum Gasteiger partial charge on any atom is 0.153 e. The second-order valence-electron chi connectivity index (χ2n) is 3.67. The molecule has 86 valence electrons. The van der Waals surface area contributed by atoms with E-state index in [0.717, 1.165) is 11.8 Å². The normalized spacial score (nSPS) is 10.0. The molecule has 0 spiro atoms. The fourth-order valence-electron chi connectivity index (χ4n) is 1.52. The zero-order chi connectivity index (χ0) is 12.3. The summed E-state index contributed by atoms with van der Waals surface area (Å²) >= 11 is 5.87. The maximum absolute atomic E-state index is 10.9. The standard InChI is InChI=1S/C14H11ClO2/c1-10-8-12(15)6-7-13(10)17-14-5-3-2-4-11(14)9-16/h2-9H,1H3. The van der Waals surface area contributed by atoms with Crippen molar-refractivity contribution in [2.75, 3.05) is 0 Å². The molecule has 0 unspecified atom stereocenters. The molecule has 0 amide bonds. The maximum atomic E-state index is 10.9. The summed E-state index contributed by atoms with van der Waals surface area (Å²) < 4.78 is 5.70. The highest BCUT2D eigenvalue weighted by atomic mass is 35.5. The Bertz CT molecular complexity index is 550. The average molecular weight is 247 g/mol. The van der Waals surface area contributed by atoms with Crippen molar-refractivity contribution in [3.63, 3.8) is 0 Å². The summed E-state index contributed by atoms with van der Waals surface area (Å²) in [6, 6.07) is 12.5. The minimum absolute atomic E-state index is 0.529. The van der Waals surface area contributed by atoms with Crippen molar-refractivity contribution in [2.24, 2.45) is 0 Å². The van der Waals surface area contributed by atoms with Gasteiger partial charge in [-0.2, -0.15) is 0 Å². The topological polar surface area (TPSA) is 26.3 Å². The number of rotatable bonds is 3. The van der Waals surface area contributed by atoms with Gasteiger partial charge in [-0.3, -0.25) is 4.79 Å². The van der Waals surface area contributed by atoms with E-state index >= 15 is 0 Å². The molecule has 3 heteroatoms. The predicted molar refractivity (Wildman–Crippen MR) is 68.1 cm³/mol. The average Bonchev–Trinajstić information content (AvgIpc) is 2.33. The first-order valence-corrected chi connectivity index (χ1v) is 5.56. The van der Waals surface area contributed by atoms with Crippen LogP contribution in [0, 0.1) is 6.92 Å². The third-order valence-electron chi connectivity index (χ3n) is 2.40. The number of aldehydes is 1. The SMILES string of the molecule is Cc1cc(Cl)ccc1Oc1ccccc1C=O. The van der Waals surface area contributed by atoms with Gasteiger partial charge in [0.15, 0.2) is 6.29 Å². The predicted octanol–water partition coefficient (Wildman–Crippen LogP) is 4.25. The molecular formula is C14H11ClO2. The number of hydrogen-bond acceptors (Lipinski definition) is 2. The zero-order valence-corrected chi connectivity index (χ0v) is 10.1. The van der Waals surface area contributed by atoms with E-state index in [0.29, 0.717) is 22.1 Å². The van der Waals surface area contributed by atoms with Gasteiger partial charge in [-0.1, -0.05) is 23.7 Å². The molecule has 0 saturated carbocycles. The van der Waals surface area contributed by atoms with Gasteiger partial charge in [-0.15, -0.1) is 0 Å². The van der Waals surface area contributed by atoms with Gasteiger partial charge in [0, 0.05) is 5.02 Å². The lowest BCUT2D eigenvalue weighted by Gasteiger charge is -2.10. The number of carbonyl (C=O) groups is 1.